The molecule has 2 heterocycles. The number of carbonyl (C=O) groups excluding carboxylic acids is 2. The van der Waals surface area contributed by atoms with Crippen molar-refractivity contribution in [1.82, 2.24) is 9.80 Å². The Morgan fingerprint density at radius 1 is 1.16 bits per heavy atom. The van der Waals surface area contributed by atoms with Crippen LogP contribution in [0.5, 0.6) is 0 Å². The number of anilines is 1. The molecule has 4 rings (SSSR count). The fourth-order valence-electron chi connectivity index (χ4n) is 4.44. The molecule has 0 saturated carbocycles. The number of likely N-dealkylation sites (tertiary alicyclic amines) is 1. The van der Waals surface area contributed by atoms with Gasteiger partial charge in [-0.3, -0.25) is 19.5 Å². The zero-order valence-electron chi connectivity index (χ0n) is 20.8. The third-order valence-corrected chi connectivity index (χ3v) is 6.51. The Balaban J connectivity index is 1.56. The molecule has 1 spiro atoms. The van der Waals surface area contributed by atoms with E-state index < -0.39 is 41.1 Å². The first-order valence-corrected chi connectivity index (χ1v) is 12.3. The van der Waals surface area contributed by atoms with Crippen LogP contribution in [0, 0.1) is 11.6 Å². The number of carbonyl (C=O) groups is 2. The summed E-state index contributed by atoms with van der Waals surface area (Å²) in [6.45, 7) is 5.90. The molecule has 8 nitrogen and oxygen atoms in total. The number of rotatable bonds is 6. The molecule has 1 atom stereocenters. The van der Waals surface area contributed by atoms with Crippen LogP contribution in [0.1, 0.15) is 39.2 Å². The van der Waals surface area contributed by atoms with Crippen molar-refractivity contribution in [3.63, 3.8) is 0 Å². The highest BCUT2D eigenvalue weighted by molar-refractivity contribution is 6.47. The number of nitrogens with zero attached hydrogens (tertiary/aromatic N) is 3. The highest BCUT2D eigenvalue weighted by Crippen LogP contribution is 2.37. The third kappa shape index (κ3) is 6.15. The molecule has 2 N–H and O–H groups in total. The Bertz CT molecular complexity index is 1210. The number of hydrogen-bond donors (Lipinski definition) is 2. The van der Waals surface area contributed by atoms with E-state index in [2.05, 4.69) is 5.32 Å². The van der Waals surface area contributed by atoms with E-state index >= 15 is 0 Å². The molecule has 2 aliphatic heterocycles. The highest BCUT2D eigenvalue weighted by atomic mass is 35.5. The lowest BCUT2D eigenvalue weighted by Crippen LogP contribution is -2.57. The second kappa shape index (κ2) is 10.4. The van der Waals surface area contributed by atoms with E-state index in [-0.39, 0.29) is 17.9 Å². The smallest absolute Gasteiger partial charge is 0.275 e. The van der Waals surface area contributed by atoms with E-state index in [4.69, 9.17) is 21.3 Å². The van der Waals surface area contributed by atoms with Crippen molar-refractivity contribution in [2.24, 2.45) is 4.99 Å². The van der Waals surface area contributed by atoms with Gasteiger partial charge in [-0.2, -0.15) is 0 Å². The van der Waals surface area contributed by atoms with Gasteiger partial charge in [0.1, 0.15) is 17.9 Å². The number of nitrogens with one attached hydrogen (secondary N) is 1. The van der Waals surface area contributed by atoms with Crippen LogP contribution in [0.25, 0.3) is 0 Å². The maximum absolute atomic E-state index is 13.6. The van der Waals surface area contributed by atoms with Crippen molar-refractivity contribution in [3.05, 3.63) is 64.7 Å². The molecule has 1 fully saturated rings. The van der Waals surface area contributed by atoms with E-state index in [9.17, 15) is 23.5 Å². The number of benzene rings is 2. The highest BCUT2D eigenvalue weighted by Gasteiger charge is 2.50. The van der Waals surface area contributed by atoms with Gasteiger partial charge in [0, 0.05) is 48.3 Å². The van der Waals surface area contributed by atoms with Gasteiger partial charge in [-0.05, 0) is 45.0 Å². The van der Waals surface area contributed by atoms with Gasteiger partial charge in [-0.1, -0.05) is 23.7 Å². The van der Waals surface area contributed by atoms with Crippen molar-refractivity contribution in [1.29, 1.82) is 0 Å². The molecular weight excluding hydrogens is 506 g/mol. The van der Waals surface area contributed by atoms with E-state index in [1.807, 2.05) is 20.8 Å². The SMILES string of the molecule is CC(C)(C)OC(O)N1CCC2(CC1)N=C(c1ccc(Cl)cc1)C(=O)N2CC(=O)Nc1ccc(F)c(F)c1. The van der Waals surface area contributed by atoms with Gasteiger partial charge in [-0.25, -0.2) is 8.78 Å². The summed E-state index contributed by atoms with van der Waals surface area (Å²) in [5.74, 6) is -3.13. The molecular formula is C26H29ClF2N4O4. The van der Waals surface area contributed by atoms with Crippen molar-refractivity contribution < 1.29 is 28.2 Å². The van der Waals surface area contributed by atoms with E-state index in [0.717, 1.165) is 12.1 Å². The molecule has 11 heteroatoms. The van der Waals surface area contributed by atoms with Gasteiger partial charge in [-0.15, -0.1) is 0 Å². The Labute approximate surface area is 218 Å². The van der Waals surface area contributed by atoms with Gasteiger partial charge in [0.25, 0.3) is 5.91 Å². The Hall–Kier alpha value is -2.92. The molecule has 0 radical (unpaired) electrons. The molecule has 0 bridgehead atoms. The molecule has 1 unspecified atom stereocenters. The normalized spacial score (nSPS) is 18.7. The summed E-state index contributed by atoms with van der Waals surface area (Å²) in [7, 11) is 0. The van der Waals surface area contributed by atoms with Crippen molar-refractivity contribution in [3.8, 4) is 0 Å². The number of ether oxygens (including phenoxy) is 1. The van der Waals surface area contributed by atoms with E-state index in [1.165, 1.54) is 11.0 Å². The van der Waals surface area contributed by atoms with Gasteiger partial charge in [0.15, 0.2) is 11.6 Å². The third-order valence-electron chi connectivity index (χ3n) is 6.26. The maximum Gasteiger partial charge on any atom is 0.275 e. The lowest BCUT2D eigenvalue weighted by molar-refractivity contribution is -0.245. The topological polar surface area (TPSA) is 94.5 Å². The van der Waals surface area contributed by atoms with Crippen LogP contribution in [0.15, 0.2) is 47.5 Å². The lowest BCUT2D eigenvalue weighted by Gasteiger charge is -2.44. The molecule has 2 aliphatic rings. The second-order valence-electron chi connectivity index (χ2n) is 10.1. The zero-order chi connectivity index (χ0) is 27.0. The molecule has 198 valence electrons. The van der Waals surface area contributed by atoms with Gasteiger partial charge in [0.2, 0.25) is 12.3 Å². The standard InChI is InChI=1S/C26H29ClF2N4O4/c1-25(2,3)37-24(36)32-12-10-26(11-13-32)31-22(16-4-6-17(27)7-5-16)23(35)33(26)15-21(34)30-18-8-9-19(28)20(29)14-18/h4-9,14,24,36H,10-13,15H2,1-3H3,(H,30,34). The molecule has 2 aromatic rings. The number of halogens is 3. The van der Waals surface area contributed by atoms with Crippen LogP contribution in [0.2, 0.25) is 5.02 Å². The average molecular weight is 535 g/mol. The maximum atomic E-state index is 13.6. The molecule has 1 saturated heterocycles. The fourth-order valence-corrected chi connectivity index (χ4v) is 4.57. The summed E-state index contributed by atoms with van der Waals surface area (Å²) in [5.41, 5.74) is -0.731. The summed E-state index contributed by atoms with van der Waals surface area (Å²) in [5, 5.41) is 13.5. The van der Waals surface area contributed by atoms with Crippen LogP contribution in [0.4, 0.5) is 14.5 Å². The minimum Gasteiger partial charge on any atom is -0.356 e. The number of piperidine rings is 1. The van der Waals surface area contributed by atoms with E-state index in [0.29, 0.717) is 36.5 Å². The largest absolute Gasteiger partial charge is 0.356 e. The van der Waals surface area contributed by atoms with Gasteiger partial charge in [0.05, 0.1) is 5.60 Å². The van der Waals surface area contributed by atoms with Crippen molar-refractivity contribution in [2.75, 3.05) is 25.0 Å². The summed E-state index contributed by atoms with van der Waals surface area (Å²) in [4.78, 5) is 34.4. The number of hydrogen-bond acceptors (Lipinski definition) is 6. The molecule has 2 aromatic carbocycles. The summed E-state index contributed by atoms with van der Waals surface area (Å²) < 4.78 is 32.5. The molecule has 37 heavy (non-hydrogen) atoms. The predicted octanol–water partition coefficient (Wildman–Crippen LogP) is 3.77. The minimum absolute atomic E-state index is 0.0701. The van der Waals surface area contributed by atoms with Gasteiger partial charge >= 0.3 is 0 Å². The minimum atomic E-state index is -1.13. The fraction of sp³-hybridized carbons (Fsp3) is 0.423. The molecule has 2 amide bonds. The summed E-state index contributed by atoms with van der Waals surface area (Å²) >= 11 is 6.00. The number of aliphatic hydroxyl groups excluding tert-OH is 1. The molecule has 0 aromatic heterocycles. The lowest BCUT2D eigenvalue weighted by atomic mass is 9.96. The van der Waals surface area contributed by atoms with Crippen LogP contribution in [-0.2, 0) is 14.3 Å². The first-order valence-electron chi connectivity index (χ1n) is 11.9. The predicted molar refractivity (Wildman–Crippen MR) is 135 cm³/mol. The van der Waals surface area contributed by atoms with Crippen LogP contribution in [-0.4, -0.2) is 69.7 Å². The number of aliphatic imine (C=N–C) groups is 1. The Kier molecular flexibility index (Phi) is 7.66. The summed E-state index contributed by atoms with van der Waals surface area (Å²) in [6.07, 6.45) is -0.433. The Morgan fingerprint density at radius 3 is 2.41 bits per heavy atom. The number of aliphatic hydroxyl groups is 1. The second-order valence-corrected chi connectivity index (χ2v) is 10.5. The first-order chi connectivity index (χ1) is 17.4. The van der Waals surface area contributed by atoms with Crippen LogP contribution >= 0.6 is 11.6 Å². The average Bonchev–Trinajstić information content (AvgIpc) is 3.07. The van der Waals surface area contributed by atoms with E-state index in [1.54, 1.807) is 29.2 Å². The summed E-state index contributed by atoms with van der Waals surface area (Å²) in [6, 6.07) is 9.71. The molecule has 0 aliphatic carbocycles. The monoisotopic (exact) mass is 534 g/mol. The van der Waals surface area contributed by atoms with Crippen LogP contribution in [0.3, 0.4) is 0 Å². The van der Waals surface area contributed by atoms with Crippen LogP contribution < -0.4 is 5.32 Å². The van der Waals surface area contributed by atoms with Crippen molar-refractivity contribution in [2.45, 2.75) is 51.3 Å². The number of amides is 2. The zero-order valence-corrected chi connectivity index (χ0v) is 21.6. The Morgan fingerprint density at radius 2 is 1.81 bits per heavy atom. The van der Waals surface area contributed by atoms with Gasteiger partial charge < -0.3 is 20.1 Å². The first kappa shape index (κ1) is 27.1. The van der Waals surface area contributed by atoms with Crippen molar-refractivity contribution >= 4 is 34.8 Å². The quantitative estimate of drug-likeness (QED) is 0.550.